The van der Waals surface area contributed by atoms with Crippen LogP contribution in [0.3, 0.4) is 0 Å². The highest BCUT2D eigenvalue weighted by Gasteiger charge is 2.25. The second kappa shape index (κ2) is 9.20. The van der Waals surface area contributed by atoms with E-state index in [0.717, 1.165) is 12.1 Å². The molecule has 33 heavy (non-hydrogen) atoms. The van der Waals surface area contributed by atoms with Crippen LogP contribution in [-0.2, 0) is 10.0 Å². The number of nitrogens with zero attached hydrogens (tertiary/aromatic N) is 2. The Bertz CT molecular complexity index is 1340. The SMILES string of the molecule is O=[N+]([O-])c1cc(S(=O)(=O)Nc2ccccc2)ccc1N/N=C\c1c(F)c(F)c(F)c(F)c1F. The van der Waals surface area contributed by atoms with Gasteiger partial charge in [-0.25, -0.2) is 30.4 Å². The van der Waals surface area contributed by atoms with E-state index in [1.165, 1.54) is 12.1 Å². The summed E-state index contributed by atoms with van der Waals surface area (Å²) < 4.78 is 94.1. The van der Waals surface area contributed by atoms with Crippen LogP contribution in [0.25, 0.3) is 0 Å². The predicted molar refractivity (Wildman–Crippen MR) is 108 cm³/mol. The highest BCUT2D eigenvalue weighted by molar-refractivity contribution is 7.92. The molecule has 8 nitrogen and oxygen atoms in total. The lowest BCUT2D eigenvalue weighted by molar-refractivity contribution is -0.384. The number of benzene rings is 3. The first-order chi connectivity index (χ1) is 15.5. The quantitative estimate of drug-likeness (QED) is 0.127. The maximum atomic E-state index is 13.7. The third-order valence-electron chi connectivity index (χ3n) is 4.12. The standard InChI is InChI=1S/C19H11F5N4O4S/c20-15-12(16(21)18(23)19(24)17(15)22)9-25-26-13-7-6-11(8-14(13)28(29)30)33(31,32)27-10-4-2-1-3-5-10/h1-9,26-27H/b25-9-. The van der Waals surface area contributed by atoms with Gasteiger partial charge < -0.3 is 0 Å². The molecule has 0 aliphatic carbocycles. The average Bonchev–Trinajstić information content (AvgIpc) is 2.79. The van der Waals surface area contributed by atoms with Crippen LogP contribution in [0, 0.1) is 39.2 Å². The topological polar surface area (TPSA) is 114 Å². The van der Waals surface area contributed by atoms with Gasteiger partial charge in [0, 0.05) is 11.8 Å². The molecule has 0 aromatic heterocycles. The fraction of sp³-hybridized carbons (Fsp3) is 0. The van der Waals surface area contributed by atoms with Gasteiger partial charge in [0.2, 0.25) is 5.82 Å². The molecule has 0 unspecified atom stereocenters. The smallest absolute Gasteiger partial charge is 0.280 e. The minimum absolute atomic E-state index is 0.203. The summed E-state index contributed by atoms with van der Waals surface area (Å²) in [6.07, 6.45) is 0.238. The van der Waals surface area contributed by atoms with E-state index in [9.17, 15) is 40.5 Å². The summed E-state index contributed by atoms with van der Waals surface area (Å²) in [4.78, 5) is 9.93. The van der Waals surface area contributed by atoms with Crippen molar-refractivity contribution >= 4 is 33.3 Å². The molecule has 0 heterocycles. The number of hydrogen-bond donors (Lipinski definition) is 2. The molecular formula is C19H11F5N4O4S. The van der Waals surface area contributed by atoms with Crippen molar-refractivity contribution in [2.75, 3.05) is 10.1 Å². The van der Waals surface area contributed by atoms with Gasteiger partial charge in [0.1, 0.15) is 5.69 Å². The lowest BCUT2D eigenvalue weighted by Gasteiger charge is -2.09. The van der Waals surface area contributed by atoms with Crippen molar-refractivity contribution in [3.8, 4) is 0 Å². The van der Waals surface area contributed by atoms with Crippen molar-refractivity contribution in [1.82, 2.24) is 0 Å². The van der Waals surface area contributed by atoms with Crippen LogP contribution >= 0.6 is 0 Å². The largest absolute Gasteiger partial charge is 0.295 e. The van der Waals surface area contributed by atoms with Crippen molar-refractivity contribution in [3.63, 3.8) is 0 Å². The van der Waals surface area contributed by atoms with E-state index in [2.05, 4.69) is 9.82 Å². The maximum absolute atomic E-state index is 13.7. The van der Waals surface area contributed by atoms with Crippen LogP contribution in [0.1, 0.15) is 5.56 Å². The van der Waals surface area contributed by atoms with E-state index in [-0.39, 0.29) is 11.9 Å². The second-order valence-corrected chi connectivity index (χ2v) is 7.94. The van der Waals surface area contributed by atoms with Crippen LogP contribution in [0.15, 0.2) is 58.5 Å². The number of sulfonamides is 1. The van der Waals surface area contributed by atoms with Crippen molar-refractivity contribution in [3.05, 3.63) is 93.3 Å². The van der Waals surface area contributed by atoms with Crippen LogP contribution < -0.4 is 10.1 Å². The molecule has 0 saturated carbocycles. The summed E-state index contributed by atoms with van der Waals surface area (Å²) in [5.74, 6) is -11.0. The van der Waals surface area contributed by atoms with E-state index < -0.39 is 65.9 Å². The molecule has 0 radical (unpaired) electrons. The number of para-hydroxylation sites is 1. The number of hydrogen-bond acceptors (Lipinski definition) is 6. The number of hydrazone groups is 1. The fourth-order valence-corrected chi connectivity index (χ4v) is 3.62. The van der Waals surface area contributed by atoms with Gasteiger partial charge in [0.15, 0.2) is 23.3 Å². The Balaban J connectivity index is 1.91. The molecule has 3 aromatic carbocycles. The molecule has 0 aliphatic rings. The summed E-state index contributed by atoms with van der Waals surface area (Å²) in [7, 11) is -4.21. The minimum Gasteiger partial charge on any atom is -0.280 e. The van der Waals surface area contributed by atoms with Crippen molar-refractivity contribution in [1.29, 1.82) is 0 Å². The zero-order chi connectivity index (χ0) is 24.3. The normalized spacial score (nSPS) is 11.5. The molecule has 0 amide bonds. The highest BCUT2D eigenvalue weighted by atomic mass is 32.2. The monoisotopic (exact) mass is 486 g/mol. The van der Waals surface area contributed by atoms with Gasteiger partial charge in [-0.3, -0.25) is 20.3 Å². The van der Waals surface area contributed by atoms with Gasteiger partial charge in [-0.05, 0) is 24.3 Å². The van der Waals surface area contributed by atoms with Crippen molar-refractivity contribution in [2.45, 2.75) is 4.90 Å². The van der Waals surface area contributed by atoms with E-state index in [1.807, 2.05) is 5.43 Å². The Morgan fingerprint density at radius 3 is 2.03 bits per heavy atom. The lowest BCUT2D eigenvalue weighted by Crippen LogP contribution is -2.13. The van der Waals surface area contributed by atoms with Gasteiger partial charge in [-0.1, -0.05) is 18.2 Å². The Morgan fingerprint density at radius 2 is 1.45 bits per heavy atom. The van der Waals surface area contributed by atoms with Crippen molar-refractivity contribution < 1.29 is 35.3 Å². The molecule has 0 bridgehead atoms. The second-order valence-electron chi connectivity index (χ2n) is 6.26. The number of nitrogens with one attached hydrogen (secondary N) is 2. The van der Waals surface area contributed by atoms with E-state index in [1.54, 1.807) is 18.2 Å². The first kappa shape index (κ1) is 23.6. The van der Waals surface area contributed by atoms with Gasteiger partial charge in [-0.15, -0.1) is 0 Å². The molecule has 3 aromatic rings. The number of nitro groups is 1. The summed E-state index contributed by atoms with van der Waals surface area (Å²) in [5, 5.41) is 14.6. The molecule has 2 N–H and O–H groups in total. The molecule has 0 aliphatic heterocycles. The van der Waals surface area contributed by atoms with Crippen LogP contribution in [0.4, 0.5) is 39.0 Å². The first-order valence-electron chi connectivity index (χ1n) is 8.69. The fourth-order valence-electron chi connectivity index (χ4n) is 2.55. The Hall–Kier alpha value is -4.07. The molecule has 14 heteroatoms. The number of anilines is 2. The minimum atomic E-state index is -4.21. The van der Waals surface area contributed by atoms with Crippen molar-refractivity contribution in [2.24, 2.45) is 5.10 Å². The third-order valence-corrected chi connectivity index (χ3v) is 5.50. The summed E-state index contributed by atoms with van der Waals surface area (Å²) in [6.45, 7) is 0. The summed E-state index contributed by atoms with van der Waals surface area (Å²) in [5.41, 5.74) is -0.367. The predicted octanol–water partition coefficient (Wildman–Crippen LogP) is 4.54. The number of rotatable bonds is 7. The van der Waals surface area contributed by atoms with Crippen LogP contribution in [0.2, 0.25) is 0 Å². The molecule has 3 rings (SSSR count). The Labute approximate surface area is 182 Å². The Morgan fingerprint density at radius 1 is 0.879 bits per heavy atom. The summed E-state index contributed by atoms with van der Waals surface area (Å²) >= 11 is 0. The van der Waals surface area contributed by atoms with E-state index in [4.69, 9.17) is 0 Å². The molecule has 0 spiro atoms. The van der Waals surface area contributed by atoms with Gasteiger partial charge in [0.05, 0.1) is 21.6 Å². The van der Waals surface area contributed by atoms with E-state index in [0.29, 0.717) is 6.07 Å². The average molecular weight is 486 g/mol. The highest BCUT2D eigenvalue weighted by Crippen LogP contribution is 2.29. The zero-order valence-electron chi connectivity index (χ0n) is 16.0. The van der Waals surface area contributed by atoms with Gasteiger partial charge >= 0.3 is 0 Å². The van der Waals surface area contributed by atoms with Crippen LogP contribution in [-0.4, -0.2) is 19.6 Å². The maximum Gasteiger partial charge on any atom is 0.295 e. The van der Waals surface area contributed by atoms with Gasteiger partial charge in [0.25, 0.3) is 15.7 Å². The first-order valence-corrected chi connectivity index (χ1v) is 10.2. The number of halogens is 5. The zero-order valence-corrected chi connectivity index (χ0v) is 16.8. The molecular weight excluding hydrogens is 475 g/mol. The Kier molecular flexibility index (Phi) is 6.57. The van der Waals surface area contributed by atoms with Crippen LogP contribution in [0.5, 0.6) is 0 Å². The van der Waals surface area contributed by atoms with E-state index >= 15 is 0 Å². The molecule has 0 fully saturated rings. The van der Waals surface area contributed by atoms with Gasteiger partial charge in [-0.2, -0.15) is 5.10 Å². The lowest BCUT2D eigenvalue weighted by atomic mass is 10.2. The summed E-state index contributed by atoms with van der Waals surface area (Å²) in [6, 6.07) is 10.3. The third kappa shape index (κ3) is 4.90. The molecule has 0 saturated heterocycles. The molecule has 172 valence electrons. The molecule has 0 atom stereocenters. The number of nitro benzene ring substituents is 1.